The molecule has 1 aromatic carbocycles. The first kappa shape index (κ1) is 13.7. The number of fused-ring (bicyclic) bond motifs is 3. The number of rotatable bonds is 1. The maximum atomic E-state index is 14.1. The van der Waals surface area contributed by atoms with E-state index in [-0.39, 0.29) is 10.00 Å². The third-order valence-electron chi connectivity index (χ3n) is 4.10. The number of nitrogens with two attached hydrogens (primary N) is 1. The normalized spacial score (nSPS) is 31.4. The minimum Gasteiger partial charge on any atom is -0.493 e. The first-order chi connectivity index (χ1) is 9.49. The van der Waals surface area contributed by atoms with E-state index in [1.165, 1.54) is 0 Å². The standard InChI is InChI=1S/C15H19FN2OS/c1-14(2)13(17)18-15(9-16)10-5-3-4-6-11(10)19-8-7-12(15)20-14/h3-6,12H,7-9H2,1-2H3,(H2,17,18). The van der Waals surface area contributed by atoms with Gasteiger partial charge in [0.05, 0.1) is 11.4 Å². The summed E-state index contributed by atoms with van der Waals surface area (Å²) in [6.45, 7) is 4.11. The van der Waals surface area contributed by atoms with Crippen LogP contribution >= 0.6 is 11.8 Å². The van der Waals surface area contributed by atoms with Crippen LogP contribution in [0.4, 0.5) is 4.39 Å². The summed E-state index contributed by atoms with van der Waals surface area (Å²) in [5.74, 6) is 1.23. The number of ether oxygens (including phenoxy) is 1. The van der Waals surface area contributed by atoms with Crippen LogP contribution in [0.3, 0.4) is 0 Å². The fourth-order valence-electron chi connectivity index (χ4n) is 2.88. The molecule has 2 atom stereocenters. The van der Waals surface area contributed by atoms with Crippen molar-refractivity contribution in [1.29, 1.82) is 0 Å². The minimum atomic E-state index is -0.905. The van der Waals surface area contributed by atoms with Crippen molar-refractivity contribution in [3.63, 3.8) is 0 Å². The molecule has 2 aliphatic rings. The predicted octanol–water partition coefficient (Wildman–Crippen LogP) is 2.89. The lowest BCUT2D eigenvalue weighted by Gasteiger charge is -2.43. The van der Waals surface area contributed by atoms with Crippen LogP contribution in [0.1, 0.15) is 25.8 Å². The zero-order valence-electron chi connectivity index (χ0n) is 11.7. The van der Waals surface area contributed by atoms with Crippen LogP contribution in [0.2, 0.25) is 0 Å². The van der Waals surface area contributed by atoms with Crippen molar-refractivity contribution in [2.45, 2.75) is 35.8 Å². The third kappa shape index (κ3) is 1.91. The van der Waals surface area contributed by atoms with Gasteiger partial charge in [0.25, 0.3) is 0 Å². The lowest BCUT2D eigenvalue weighted by atomic mass is 9.86. The molecule has 20 heavy (non-hydrogen) atoms. The fourth-order valence-corrected chi connectivity index (χ4v) is 4.41. The van der Waals surface area contributed by atoms with Crippen molar-refractivity contribution in [1.82, 2.24) is 0 Å². The van der Waals surface area contributed by atoms with E-state index in [1.807, 2.05) is 38.1 Å². The molecule has 5 heteroatoms. The van der Waals surface area contributed by atoms with Crippen molar-refractivity contribution >= 4 is 17.6 Å². The van der Waals surface area contributed by atoms with Crippen LogP contribution in [0.25, 0.3) is 0 Å². The van der Waals surface area contributed by atoms with E-state index in [0.717, 1.165) is 17.7 Å². The number of benzene rings is 1. The van der Waals surface area contributed by atoms with Gasteiger partial charge in [-0.15, -0.1) is 11.8 Å². The van der Waals surface area contributed by atoms with Crippen molar-refractivity contribution in [2.24, 2.45) is 10.7 Å². The van der Waals surface area contributed by atoms with E-state index >= 15 is 0 Å². The maximum Gasteiger partial charge on any atom is 0.131 e. The Morgan fingerprint density at radius 3 is 2.95 bits per heavy atom. The van der Waals surface area contributed by atoms with Gasteiger partial charge in [0.1, 0.15) is 23.8 Å². The molecule has 0 saturated heterocycles. The smallest absolute Gasteiger partial charge is 0.131 e. The highest BCUT2D eigenvalue weighted by atomic mass is 32.2. The number of hydrogen-bond acceptors (Lipinski definition) is 4. The molecule has 2 unspecified atom stereocenters. The molecule has 0 bridgehead atoms. The van der Waals surface area contributed by atoms with Crippen LogP contribution < -0.4 is 10.5 Å². The molecule has 2 heterocycles. The molecule has 0 aromatic heterocycles. The van der Waals surface area contributed by atoms with E-state index in [0.29, 0.717) is 12.4 Å². The number of hydrogen-bond donors (Lipinski definition) is 1. The average Bonchev–Trinajstić information content (AvgIpc) is 2.57. The number of nitrogens with zero attached hydrogens (tertiary/aromatic N) is 1. The van der Waals surface area contributed by atoms with Gasteiger partial charge in [0, 0.05) is 10.8 Å². The first-order valence-electron chi connectivity index (χ1n) is 6.81. The van der Waals surface area contributed by atoms with E-state index in [9.17, 15) is 4.39 Å². The molecule has 0 fully saturated rings. The summed E-state index contributed by atoms with van der Waals surface area (Å²) < 4.78 is 19.6. The van der Waals surface area contributed by atoms with E-state index in [4.69, 9.17) is 10.5 Å². The summed E-state index contributed by atoms with van der Waals surface area (Å²) in [5, 5.41) is 0.0402. The summed E-state index contributed by atoms with van der Waals surface area (Å²) in [5.41, 5.74) is 6.02. The SMILES string of the molecule is CC1(C)SC2CCOc3ccccc3C2(CF)N=C1N. The molecule has 2 N–H and O–H groups in total. The second-order valence-corrected chi connectivity index (χ2v) is 7.63. The van der Waals surface area contributed by atoms with Crippen molar-refractivity contribution in [3.05, 3.63) is 29.8 Å². The molecule has 0 radical (unpaired) electrons. The van der Waals surface area contributed by atoms with Gasteiger partial charge in [-0.2, -0.15) is 0 Å². The Kier molecular flexibility index (Phi) is 3.20. The molecular weight excluding hydrogens is 275 g/mol. The topological polar surface area (TPSA) is 47.6 Å². The van der Waals surface area contributed by atoms with Crippen LogP contribution in [0.5, 0.6) is 5.75 Å². The quantitative estimate of drug-likeness (QED) is 0.866. The van der Waals surface area contributed by atoms with Crippen molar-refractivity contribution in [3.8, 4) is 5.75 Å². The number of alkyl halides is 1. The molecule has 1 aromatic rings. The average molecular weight is 294 g/mol. The summed E-state index contributed by atoms with van der Waals surface area (Å²) in [6, 6.07) is 7.59. The Morgan fingerprint density at radius 2 is 2.20 bits per heavy atom. The molecule has 0 amide bonds. The van der Waals surface area contributed by atoms with Gasteiger partial charge < -0.3 is 10.5 Å². The molecule has 0 spiro atoms. The summed E-state index contributed by atoms with van der Waals surface area (Å²) in [7, 11) is 0. The Balaban J connectivity index is 2.22. The van der Waals surface area contributed by atoms with Gasteiger partial charge in [-0.3, -0.25) is 4.99 Å². The Morgan fingerprint density at radius 1 is 1.45 bits per heavy atom. The first-order valence-corrected chi connectivity index (χ1v) is 7.69. The van der Waals surface area contributed by atoms with Crippen LogP contribution in [-0.2, 0) is 5.54 Å². The molecule has 2 aliphatic heterocycles. The van der Waals surface area contributed by atoms with Crippen molar-refractivity contribution < 1.29 is 9.13 Å². The fraction of sp³-hybridized carbons (Fsp3) is 0.533. The van der Waals surface area contributed by atoms with Gasteiger partial charge in [0.15, 0.2) is 0 Å². The summed E-state index contributed by atoms with van der Waals surface area (Å²) in [6.07, 6.45) is 0.767. The lowest BCUT2D eigenvalue weighted by molar-refractivity contribution is 0.289. The zero-order valence-corrected chi connectivity index (χ0v) is 12.5. The van der Waals surface area contributed by atoms with Gasteiger partial charge >= 0.3 is 0 Å². The van der Waals surface area contributed by atoms with E-state index in [1.54, 1.807) is 11.8 Å². The second kappa shape index (κ2) is 4.65. The number of para-hydroxylation sites is 1. The molecule has 108 valence electrons. The van der Waals surface area contributed by atoms with Crippen molar-refractivity contribution in [2.75, 3.05) is 13.3 Å². The summed E-state index contributed by atoms with van der Waals surface area (Å²) >= 11 is 1.71. The van der Waals surface area contributed by atoms with E-state index < -0.39 is 12.2 Å². The van der Waals surface area contributed by atoms with Gasteiger partial charge in [-0.25, -0.2) is 4.39 Å². The van der Waals surface area contributed by atoms with E-state index in [2.05, 4.69) is 4.99 Å². The largest absolute Gasteiger partial charge is 0.493 e. The Labute approximate surface area is 122 Å². The van der Waals surface area contributed by atoms with Gasteiger partial charge in [-0.1, -0.05) is 18.2 Å². The number of halogens is 1. The Bertz CT molecular complexity index is 561. The third-order valence-corrected chi connectivity index (χ3v) is 5.81. The predicted molar refractivity (Wildman–Crippen MR) is 81.3 cm³/mol. The van der Waals surface area contributed by atoms with Gasteiger partial charge in [0.2, 0.25) is 0 Å². The minimum absolute atomic E-state index is 0.0402. The maximum absolute atomic E-state index is 14.1. The number of aliphatic imine (C=N–C) groups is 1. The number of thioether (sulfide) groups is 1. The van der Waals surface area contributed by atoms with Crippen LogP contribution in [0, 0.1) is 0 Å². The molecule has 0 saturated carbocycles. The molecule has 3 rings (SSSR count). The van der Waals surface area contributed by atoms with Gasteiger partial charge in [-0.05, 0) is 26.3 Å². The second-order valence-electron chi connectivity index (χ2n) is 5.81. The number of amidine groups is 1. The molecule has 0 aliphatic carbocycles. The monoisotopic (exact) mass is 294 g/mol. The lowest BCUT2D eigenvalue weighted by Crippen LogP contribution is -2.51. The highest BCUT2D eigenvalue weighted by Gasteiger charge is 2.51. The molecular formula is C15H19FN2OS. The highest BCUT2D eigenvalue weighted by Crippen LogP contribution is 2.51. The van der Waals surface area contributed by atoms with Crippen LogP contribution in [-0.4, -0.2) is 29.1 Å². The Hall–Kier alpha value is -1.23. The highest BCUT2D eigenvalue weighted by molar-refractivity contribution is 8.02. The van der Waals surface area contributed by atoms with Crippen LogP contribution in [0.15, 0.2) is 29.3 Å². The molecule has 3 nitrogen and oxygen atoms in total. The zero-order chi connectivity index (χ0) is 14.4. The summed E-state index contributed by atoms with van der Waals surface area (Å²) in [4.78, 5) is 4.63.